The monoisotopic (exact) mass is 278 g/mol. The van der Waals surface area contributed by atoms with Crippen molar-refractivity contribution in [1.82, 2.24) is 5.32 Å². The van der Waals surface area contributed by atoms with E-state index in [1.54, 1.807) is 11.8 Å². The average molecular weight is 278 g/mol. The Hall–Kier alpha value is -1.05. The van der Waals surface area contributed by atoms with Gasteiger partial charge in [0.15, 0.2) is 0 Å². The van der Waals surface area contributed by atoms with Crippen molar-refractivity contribution in [1.29, 1.82) is 5.26 Å². The molecule has 0 aromatic heterocycles. The van der Waals surface area contributed by atoms with Crippen LogP contribution in [0.5, 0.6) is 0 Å². The number of thioether (sulfide) groups is 1. The third-order valence-electron chi connectivity index (χ3n) is 3.55. The second-order valence-electron chi connectivity index (χ2n) is 5.01. The van der Waals surface area contributed by atoms with Gasteiger partial charge in [0.2, 0.25) is 0 Å². The first-order valence-corrected chi connectivity index (χ1v) is 7.64. The molecule has 1 fully saturated rings. The molecule has 19 heavy (non-hydrogen) atoms. The highest BCUT2D eigenvalue weighted by molar-refractivity contribution is 8.00. The van der Waals surface area contributed by atoms with Crippen LogP contribution in [0, 0.1) is 17.1 Å². The number of rotatable bonds is 4. The lowest BCUT2D eigenvalue weighted by atomic mass is 9.82. The van der Waals surface area contributed by atoms with Crippen molar-refractivity contribution in [3.05, 3.63) is 30.1 Å². The molecule has 1 aliphatic rings. The Kier molecular flexibility index (Phi) is 4.84. The van der Waals surface area contributed by atoms with Crippen molar-refractivity contribution < 1.29 is 4.39 Å². The van der Waals surface area contributed by atoms with Crippen molar-refractivity contribution in [2.75, 3.05) is 6.54 Å². The molecule has 1 aliphatic carbocycles. The van der Waals surface area contributed by atoms with Gasteiger partial charge in [-0.15, -0.1) is 11.8 Å². The number of nitriles is 1. The van der Waals surface area contributed by atoms with Crippen LogP contribution in [-0.4, -0.2) is 17.3 Å². The van der Waals surface area contributed by atoms with Gasteiger partial charge in [0.1, 0.15) is 11.4 Å². The zero-order valence-electron chi connectivity index (χ0n) is 11.2. The van der Waals surface area contributed by atoms with Crippen LogP contribution in [0.3, 0.4) is 0 Å². The molecule has 1 saturated carbocycles. The summed E-state index contributed by atoms with van der Waals surface area (Å²) in [6.07, 6.45) is 3.98. The van der Waals surface area contributed by atoms with Crippen molar-refractivity contribution in [2.45, 2.75) is 48.3 Å². The SMILES string of the molecule is CCNC1(C#N)CCCC(Sc2ccc(F)cc2)C1. The topological polar surface area (TPSA) is 35.8 Å². The molecular formula is C15H19FN2S. The predicted octanol–water partition coefficient (Wildman–Crippen LogP) is 3.73. The van der Waals surface area contributed by atoms with E-state index >= 15 is 0 Å². The fourth-order valence-corrected chi connectivity index (χ4v) is 4.00. The molecule has 0 heterocycles. The molecule has 2 nitrogen and oxygen atoms in total. The zero-order chi connectivity index (χ0) is 13.7. The number of halogens is 1. The fourth-order valence-electron chi connectivity index (χ4n) is 2.67. The Balaban J connectivity index is 2.01. The lowest BCUT2D eigenvalue weighted by Crippen LogP contribution is -2.48. The highest BCUT2D eigenvalue weighted by atomic mass is 32.2. The summed E-state index contributed by atoms with van der Waals surface area (Å²) < 4.78 is 12.9. The first-order valence-electron chi connectivity index (χ1n) is 6.76. The minimum Gasteiger partial charge on any atom is -0.300 e. The van der Waals surface area contributed by atoms with Gasteiger partial charge in [-0.2, -0.15) is 5.26 Å². The van der Waals surface area contributed by atoms with E-state index in [0.29, 0.717) is 5.25 Å². The van der Waals surface area contributed by atoms with E-state index in [9.17, 15) is 9.65 Å². The van der Waals surface area contributed by atoms with E-state index in [-0.39, 0.29) is 11.4 Å². The third kappa shape index (κ3) is 3.71. The maximum absolute atomic E-state index is 12.9. The van der Waals surface area contributed by atoms with Crippen molar-refractivity contribution in [2.24, 2.45) is 0 Å². The standard InChI is InChI=1S/C15H19FN2S/c1-2-18-15(11-17)9-3-4-14(10-15)19-13-7-5-12(16)6-8-13/h5-8,14,18H,2-4,9-10H2,1H3. The first kappa shape index (κ1) is 14.4. The van der Waals surface area contributed by atoms with E-state index in [2.05, 4.69) is 11.4 Å². The van der Waals surface area contributed by atoms with Gasteiger partial charge in [0, 0.05) is 10.1 Å². The van der Waals surface area contributed by atoms with Crippen LogP contribution < -0.4 is 5.32 Å². The largest absolute Gasteiger partial charge is 0.300 e. The molecule has 0 saturated heterocycles. The molecule has 0 aliphatic heterocycles. The Bertz CT molecular complexity index is 450. The fraction of sp³-hybridized carbons (Fsp3) is 0.533. The Morgan fingerprint density at radius 2 is 2.21 bits per heavy atom. The van der Waals surface area contributed by atoms with E-state index in [4.69, 9.17) is 0 Å². The minimum atomic E-state index is -0.370. The number of nitrogens with one attached hydrogen (secondary N) is 1. The molecule has 0 radical (unpaired) electrons. The molecule has 102 valence electrons. The van der Waals surface area contributed by atoms with Crippen LogP contribution in [0.1, 0.15) is 32.6 Å². The lowest BCUT2D eigenvalue weighted by molar-refractivity contribution is 0.309. The summed E-state index contributed by atoms with van der Waals surface area (Å²) in [4.78, 5) is 1.08. The van der Waals surface area contributed by atoms with Gasteiger partial charge in [-0.1, -0.05) is 6.92 Å². The molecule has 2 atom stereocenters. The Labute approximate surface area is 118 Å². The molecule has 0 bridgehead atoms. The maximum Gasteiger partial charge on any atom is 0.123 e. The zero-order valence-corrected chi connectivity index (χ0v) is 12.0. The number of benzene rings is 1. The molecule has 1 N–H and O–H groups in total. The van der Waals surface area contributed by atoms with Gasteiger partial charge in [-0.3, -0.25) is 5.32 Å². The van der Waals surface area contributed by atoms with Crippen LogP contribution in [0.2, 0.25) is 0 Å². The molecule has 0 spiro atoms. The van der Waals surface area contributed by atoms with E-state index in [1.807, 2.05) is 19.1 Å². The lowest BCUT2D eigenvalue weighted by Gasteiger charge is -2.36. The van der Waals surface area contributed by atoms with Gasteiger partial charge in [-0.25, -0.2) is 4.39 Å². The molecule has 2 rings (SSSR count). The van der Waals surface area contributed by atoms with Crippen LogP contribution in [0.15, 0.2) is 29.2 Å². The second-order valence-corrected chi connectivity index (χ2v) is 6.39. The van der Waals surface area contributed by atoms with Gasteiger partial charge in [-0.05, 0) is 56.5 Å². The molecule has 1 aromatic carbocycles. The van der Waals surface area contributed by atoms with Crippen molar-refractivity contribution >= 4 is 11.8 Å². The van der Waals surface area contributed by atoms with Crippen molar-refractivity contribution in [3.63, 3.8) is 0 Å². The summed E-state index contributed by atoms with van der Waals surface area (Å²) in [5.41, 5.74) is -0.370. The molecule has 1 aromatic rings. The van der Waals surface area contributed by atoms with Gasteiger partial charge in [0.25, 0.3) is 0 Å². The highest BCUT2D eigenvalue weighted by Crippen LogP contribution is 2.38. The van der Waals surface area contributed by atoms with Crippen LogP contribution >= 0.6 is 11.8 Å². The number of hydrogen-bond acceptors (Lipinski definition) is 3. The summed E-state index contributed by atoms with van der Waals surface area (Å²) in [6, 6.07) is 9.08. The van der Waals surface area contributed by atoms with E-state index in [1.165, 1.54) is 12.1 Å². The quantitative estimate of drug-likeness (QED) is 0.911. The predicted molar refractivity (Wildman–Crippen MR) is 76.5 cm³/mol. The average Bonchev–Trinajstić information content (AvgIpc) is 2.42. The molecule has 0 amide bonds. The second kappa shape index (κ2) is 6.40. The number of nitrogens with zero attached hydrogens (tertiary/aromatic N) is 1. The summed E-state index contributed by atoms with van der Waals surface area (Å²) in [6.45, 7) is 2.86. The Morgan fingerprint density at radius 3 is 2.84 bits per heavy atom. The van der Waals surface area contributed by atoms with E-state index in [0.717, 1.165) is 37.1 Å². The number of hydrogen-bond donors (Lipinski definition) is 1. The van der Waals surface area contributed by atoms with Gasteiger partial charge in [0.05, 0.1) is 6.07 Å². The van der Waals surface area contributed by atoms with Gasteiger partial charge >= 0.3 is 0 Å². The normalized spacial score (nSPS) is 26.9. The molecule has 4 heteroatoms. The smallest absolute Gasteiger partial charge is 0.123 e. The maximum atomic E-state index is 12.9. The van der Waals surface area contributed by atoms with Crippen LogP contribution in [0.4, 0.5) is 4.39 Å². The van der Waals surface area contributed by atoms with Gasteiger partial charge < -0.3 is 0 Å². The summed E-state index contributed by atoms with van der Waals surface area (Å²) in [7, 11) is 0. The molecule has 2 unspecified atom stereocenters. The van der Waals surface area contributed by atoms with Crippen molar-refractivity contribution in [3.8, 4) is 6.07 Å². The van der Waals surface area contributed by atoms with Crippen LogP contribution in [0.25, 0.3) is 0 Å². The first-order chi connectivity index (χ1) is 9.17. The third-order valence-corrected chi connectivity index (χ3v) is 4.83. The summed E-state index contributed by atoms with van der Waals surface area (Å²) in [5, 5.41) is 13.2. The van der Waals surface area contributed by atoms with E-state index < -0.39 is 0 Å². The highest BCUT2D eigenvalue weighted by Gasteiger charge is 2.36. The van der Waals surface area contributed by atoms with Crippen LogP contribution in [-0.2, 0) is 0 Å². The Morgan fingerprint density at radius 1 is 1.47 bits per heavy atom. The molecular weight excluding hydrogens is 259 g/mol. The summed E-state index contributed by atoms with van der Waals surface area (Å²) in [5.74, 6) is -0.202. The minimum absolute atomic E-state index is 0.202. The summed E-state index contributed by atoms with van der Waals surface area (Å²) >= 11 is 1.76.